The van der Waals surface area contributed by atoms with Gasteiger partial charge in [-0.2, -0.15) is 4.80 Å². The number of aromatic nitrogens is 4. The SMILES string of the molecule is O=C(NC1CCCC1)[C@H](c1ccc(Cl)cc1)N(CCN1CCOCC1)C(=O)Cn1nnc(-c2ccc(Cl)cc2)n1. The van der Waals surface area contributed by atoms with Gasteiger partial charge in [-0.1, -0.05) is 48.2 Å². The first-order chi connectivity index (χ1) is 19.5. The summed E-state index contributed by atoms with van der Waals surface area (Å²) in [6.07, 6.45) is 4.06. The minimum Gasteiger partial charge on any atom is -0.379 e. The van der Waals surface area contributed by atoms with Crippen LogP contribution in [0.2, 0.25) is 10.0 Å². The van der Waals surface area contributed by atoms with E-state index < -0.39 is 6.04 Å². The van der Waals surface area contributed by atoms with Crippen molar-refractivity contribution in [3.05, 3.63) is 64.1 Å². The highest BCUT2D eigenvalue weighted by molar-refractivity contribution is 6.30. The van der Waals surface area contributed by atoms with Gasteiger partial charge >= 0.3 is 0 Å². The van der Waals surface area contributed by atoms with E-state index in [-0.39, 0.29) is 24.4 Å². The lowest BCUT2D eigenvalue weighted by Gasteiger charge is -2.35. The lowest BCUT2D eigenvalue weighted by atomic mass is 10.0. The van der Waals surface area contributed by atoms with Crippen molar-refractivity contribution in [3.63, 3.8) is 0 Å². The van der Waals surface area contributed by atoms with E-state index in [0.717, 1.165) is 44.3 Å². The summed E-state index contributed by atoms with van der Waals surface area (Å²) < 4.78 is 5.49. The second-order valence-electron chi connectivity index (χ2n) is 10.1. The molecule has 2 amide bonds. The summed E-state index contributed by atoms with van der Waals surface area (Å²) in [6, 6.07) is 13.5. The third-order valence-electron chi connectivity index (χ3n) is 7.36. The fourth-order valence-corrected chi connectivity index (χ4v) is 5.43. The van der Waals surface area contributed by atoms with Gasteiger partial charge in [0.2, 0.25) is 17.6 Å². The first-order valence-corrected chi connectivity index (χ1v) is 14.4. The van der Waals surface area contributed by atoms with Crippen molar-refractivity contribution in [2.24, 2.45) is 0 Å². The smallest absolute Gasteiger partial charge is 0.247 e. The van der Waals surface area contributed by atoms with Crippen LogP contribution in [0.4, 0.5) is 0 Å². The summed E-state index contributed by atoms with van der Waals surface area (Å²) in [5, 5.41) is 17.0. The van der Waals surface area contributed by atoms with Gasteiger partial charge in [0.1, 0.15) is 12.6 Å². The molecule has 3 aromatic rings. The monoisotopic (exact) mass is 585 g/mol. The number of ether oxygens (including phenoxy) is 1. The maximum absolute atomic E-state index is 13.9. The van der Waals surface area contributed by atoms with Crippen LogP contribution in [0.25, 0.3) is 11.4 Å². The van der Waals surface area contributed by atoms with Gasteiger partial charge in [-0.3, -0.25) is 14.5 Å². The predicted octanol–water partition coefficient (Wildman–Crippen LogP) is 3.61. The first-order valence-electron chi connectivity index (χ1n) is 13.7. The second-order valence-corrected chi connectivity index (χ2v) is 11.0. The summed E-state index contributed by atoms with van der Waals surface area (Å²) >= 11 is 12.2. The summed E-state index contributed by atoms with van der Waals surface area (Å²) in [6.45, 7) is 3.64. The number of halogens is 2. The van der Waals surface area contributed by atoms with Crippen LogP contribution in [0, 0.1) is 0 Å². The Morgan fingerprint density at radius 3 is 2.33 bits per heavy atom. The van der Waals surface area contributed by atoms with Gasteiger partial charge in [-0.15, -0.1) is 10.2 Å². The zero-order valence-corrected chi connectivity index (χ0v) is 23.7. The van der Waals surface area contributed by atoms with Crippen molar-refractivity contribution in [3.8, 4) is 11.4 Å². The first kappa shape index (κ1) is 28.5. The Morgan fingerprint density at radius 2 is 1.65 bits per heavy atom. The second kappa shape index (κ2) is 13.5. The molecule has 2 heterocycles. The molecule has 1 N–H and O–H groups in total. The minimum atomic E-state index is -0.828. The average molecular weight is 587 g/mol. The molecule has 1 atom stereocenters. The molecular weight excluding hydrogens is 553 g/mol. The number of amides is 2. The van der Waals surface area contributed by atoms with E-state index in [4.69, 9.17) is 27.9 Å². The third-order valence-corrected chi connectivity index (χ3v) is 7.86. The summed E-state index contributed by atoms with van der Waals surface area (Å²) in [5.41, 5.74) is 1.44. The molecule has 0 spiro atoms. The van der Waals surface area contributed by atoms with Crippen molar-refractivity contribution in [1.82, 2.24) is 35.3 Å². The van der Waals surface area contributed by atoms with Crippen molar-refractivity contribution >= 4 is 35.0 Å². The average Bonchev–Trinajstić information content (AvgIpc) is 3.65. The van der Waals surface area contributed by atoms with Crippen LogP contribution >= 0.6 is 23.2 Å². The molecule has 1 aromatic heterocycles. The van der Waals surface area contributed by atoms with Gasteiger partial charge in [0.05, 0.1) is 13.2 Å². The number of rotatable bonds is 10. The van der Waals surface area contributed by atoms with Crippen molar-refractivity contribution in [1.29, 1.82) is 0 Å². The number of hydrogen-bond acceptors (Lipinski definition) is 7. The van der Waals surface area contributed by atoms with Gasteiger partial charge < -0.3 is 15.0 Å². The van der Waals surface area contributed by atoms with Gasteiger partial charge in [0, 0.05) is 47.8 Å². The standard InChI is InChI=1S/C28H33Cl2N7O3/c29-22-9-5-20(6-10-22)26(28(39)31-24-3-1-2-4-24)36(14-13-35-15-17-40-18-16-35)25(38)19-37-33-27(32-34-37)21-7-11-23(30)12-8-21/h5-12,24,26H,1-4,13-19H2,(H,31,39)/t26-/m0/s1. The topological polar surface area (TPSA) is 105 Å². The number of nitrogens with zero attached hydrogens (tertiary/aromatic N) is 6. The van der Waals surface area contributed by atoms with Crippen LogP contribution in [0.3, 0.4) is 0 Å². The Kier molecular flexibility index (Phi) is 9.64. The molecule has 1 aliphatic heterocycles. The van der Waals surface area contributed by atoms with Gasteiger partial charge in [0.15, 0.2) is 0 Å². The molecule has 0 bridgehead atoms. The highest BCUT2D eigenvalue weighted by atomic mass is 35.5. The Labute approximate surface area is 243 Å². The van der Waals surface area contributed by atoms with E-state index in [1.165, 1.54) is 4.80 Å². The molecule has 2 aromatic carbocycles. The molecule has 12 heteroatoms. The van der Waals surface area contributed by atoms with E-state index in [2.05, 4.69) is 25.6 Å². The molecule has 1 aliphatic carbocycles. The highest BCUT2D eigenvalue weighted by Gasteiger charge is 2.34. The zero-order chi connectivity index (χ0) is 27.9. The van der Waals surface area contributed by atoms with Crippen LogP contribution < -0.4 is 5.32 Å². The lowest BCUT2D eigenvalue weighted by molar-refractivity contribution is -0.142. The maximum Gasteiger partial charge on any atom is 0.247 e. The molecule has 0 radical (unpaired) electrons. The molecule has 212 valence electrons. The number of carbonyl (C=O) groups is 2. The molecule has 5 rings (SSSR count). The lowest BCUT2D eigenvalue weighted by Crippen LogP contribution is -2.50. The Morgan fingerprint density at radius 1 is 1.00 bits per heavy atom. The summed E-state index contributed by atoms with van der Waals surface area (Å²) in [4.78, 5) is 32.9. The maximum atomic E-state index is 13.9. The Balaban J connectivity index is 1.40. The minimum absolute atomic E-state index is 0.109. The number of hydrogen-bond donors (Lipinski definition) is 1. The van der Waals surface area contributed by atoms with E-state index >= 15 is 0 Å². The quantitative estimate of drug-likeness (QED) is 0.387. The van der Waals surface area contributed by atoms with Gasteiger partial charge in [-0.25, -0.2) is 0 Å². The summed E-state index contributed by atoms with van der Waals surface area (Å²) in [7, 11) is 0. The van der Waals surface area contributed by atoms with E-state index in [9.17, 15) is 9.59 Å². The van der Waals surface area contributed by atoms with Gasteiger partial charge in [-0.05, 0) is 60.0 Å². The Hall–Kier alpha value is -3.05. The van der Waals surface area contributed by atoms with Crippen molar-refractivity contribution < 1.29 is 14.3 Å². The normalized spacial score (nSPS) is 17.1. The molecule has 2 aliphatic rings. The largest absolute Gasteiger partial charge is 0.379 e. The molecule has 1 saturated carbocycles. The van der Waals surface area contributed by atoms with Crippen LogP contribution in [0.15, 0.2) is 48.5 Å². The highest BCUT2D eigenvalue weighted by Crippen LogP contribution is 2.26. The molecule has 40 heavy (non-hydrogen) atoms. The summed E-state index contributed by atoms with van der Waals surface area (Å²) in [5.74, 6) is -0.0923. The van der Waals surface area contributed by atoms with Crippen LogP contribution in [-0.4, -0.2) is 87.3 Å². The fraction of sp³-hybridized carbons (Fsp3) is 0.464. The number of nitrogens with one attached hydrogen (secondary N) is 1. The Bertz CT molecular complexity index is 1270. The number of carbonyl (C=O) groups excluding carboxylic acids is 2. The van der Waals surface area contributed by atoms with Crippen LogP contribution in [0.1, 0.15) is 37.3 Å². The van der Waals surface area contributed by atoms with Crippen LogP contribution in [0.5, 0.6) is 0 Å². The molecule has 10 nitrogen and oxygen atoms in total. The van der Waals surface area contributed by atoms with E-state index in [0.29, 0.717) is 47.7 Å². The zero-order valence-electron chi connectivity index (χ0n) is 22.2. The van der Waals surface area contributed by atoms with Crippen molar-refractivity contribution in [2.45, 2.75) is 44.3 Å². The predicted molar refractivity (Wildman–Crippen MR) is 152 cm³/mol. The van der Waals surface area contributed by atoms with E-state index in [1.807, 2.05) is 12.1 Å². The van der Waals surface area contributed by atoms with Gasteiger partial charge in [0.25, 0.3) is 0 Å². The number of morpholine rings is 1. The number of benzene rings is 2. The molecule has 2 fully saturated rings. The molecule has 1 saturated heterocycles. The van der Waals surface area contributed by atoms with E-state index in [1.54, 1.807) is 41.3 Å². The third kappa shape index (κ3) is 7.37. The van der Waals surface area contributed by atoms with Crippen molar-refractivity contribution in [2.75, 3.05) is 39.4 Å². The van der Waals surface area contributed by atoms with Crippen LogP contribution in [-0.2, 0) is 20.9 Å². The molecule has 0 unspecified atom stereocenters. The fourth-order valence-electron chi connectivity index (χ4n) is 5.18. The number of tetrazole rings is 1. The molecular formula is C28H33Cl2N7O3.